The number of nitrogens with zero attached hydrogens (tertiary/aromatic N) is 1. The molecular formula is C11H16N2O2. The molecule has 0 atom stereocenters. The van der Waals surface area contributed by atoms with E-state index < -0.39 is 5.97 Å². The first-order valence-electron chi connectivity index (χ1n) is 4.90. The number of hydrogen-bond acceptors (Lipinski definition) is 3. The normalized spacial score (nSPS) is 10.0. The highest BCUT2D eigenvalue weighted by molar-refractivity contribution is 5.97. The second-order valence-corrected chi connectivity index (χ2v) is 3.47. The van der Waals surface area contributed by atoms with Crippen LogP contribution in [0.1, 0.15) is 23.7 Å². The molecule has 0 spiro atoms. The summed E-state index contributed by atoms with van der Waals surface area (Å²) in [6, 6.07) is 5.06. The quantitative estimate of drug-likeness (QED) is 0.740. The fourth-order valence-corrected chi connectivity index (χ4v) is 1.53. The zero-order valence-corrected chi connectivity index (χ0v) is 9.03. The number of nitrogen functional groups attached to an aromatic ring is 1. The topological polar surface area (TPSA) is 66.6 Å². The molecule has 0 radical (unpaired) electrons. The van der Waals surface area contributed by atoms with E-state index in [1.54, 1.807) is 6.07 Å². The smallest absolute Gasteiger partial charge is 0.337 e. The first kappa shape index (κ1) is 11.4. The molecule has 0 heterocycles. The van der Waals surface area contributed by atoms with Crippen LogP contribution in [-0.2, 0) is 0 Å². The highest BCUT2D eigenvalue weighted by Crippen LogP contribution is 2.25. The van der Waals surface area contributed by atoms with Gasteiger partial charge in [-0.15, -0.1) is 0 Å². The van der Waals surface area contributed by atoms with Crippen molar-refractivity contribution in [3.63, 3.8) is 0 Å². The van der Waals surface area contributed by atoms with Gasteiger partial charge in [-0.3, -0.25) is 0 Å². The van der Waals surface area contributed by atoms with Gasteiger partial charge in [0.25, 0.3) is 0 Å². The molecule has 15 heavy (non-hydrogen) atoms. The van der Waals surface area contributed by atoms with Crippen molar-refractivity contribution in [1.29, 1.82) is 0 Å². The lowest BCUT2D eigenvalue weighted by molar-refractivity contribution is 0.0698. The van der Waals surface area contributed by atoms with Gasteiger partial charge in [0.1, 0.15) is 0 Å². The van der Waals surface area contributed by atoms with Crippen molar-refractivity contribution >= 4 is 17.3 Å². The van der Waals surface area contributed by atoms with Gasteiger partial charge in [0.2, 0.25) is 0 Å². The molecule has 3 N–H and O–H groups in total. The highest BCUT2D eigenvalue weighted by Gasteiger charge is 2.12. The Hall–Kier alpha value is -1.71. The number of aromatic carboxylic acids is 1. The van der Waals surface area contributed by atoms with E-state index in [-0.39, 0.29) is 5.56 Å². The highest BCUT2D eigenvalue weighted by atomic mass is 16.4. The summed E-state index contributed by atoms with van der Waals surface area (Å²) < 4.78 is 0. The molecule has 82 valence electrons. The number of para-hydroxylation sites is 1. The summed E-state index contributed by atoms with van der Waals surface area (Å²) >= 11 is 0. The lowest BCUT2D eigenvalue weighted by Gasteiger charge is -2.20. The van der Waals surface area contributed by atoms with Crippen molar-refractivity contribution < 1.29 is 9.90 Å². The van der Waals surface area contributed by atoms with Crippen LogP contribution in [-0.4, -0.2) is 24.7 Å². The molecule has 0 bridgehead atoms. The molecule has 1 rings (SSSR count). The second-order valence-electron chi connectivity index (χ2n) is 3.47. The summed E-state index contributed by atoms with van der Waals surface area (Å²) in [5.41, 5.74) is 7.06. The van der Waals surface area contributed by atoms with Crippen molar-refractivity contribution in [3.05, 3.63) is 23.8 Å². The van der Waals surface area contributed by atoms with Gasteiger partial charge in [0, 0.05) is 13.6 Å². The third kappa shape index (κ3) is 2.40. The Labute approximate surface area is 89.3 Å². The number of carboxylic acids is 1. The molecule has 0 aliphatic carbocycles. The second kappa shape index (κ2) is 4.68. The van der Waals surface area contributed by atoms with E-state index in [4.69, 9.17) is 10.8 Å². The molecule has 0 saturated carbocycles. The third-order valence-electron chi connectivity index (χ3n) is 2.28. The maximum absolute atomic E-state index is 10.9. The van der Waals surface area contributed by atoms with E-state index in [1.165, 1.54) is 6.07 Å². The average molecular weight is 208 g/mol. The molecule has 0 fully saturated rings. The minimum atomic E-state index is -0.987. The van der Waals surface area contributed by atoms with Crippen LogP contribution in [0.3, 0.4) is 0 Å². The van der Waals surface area contributed by atoms with E-state index in [1.807, 2.05) is 18.0 Å². The molecule has 1 aromatic rings. The molecule has 0 aliphatic heterocycles. The van der Waals surface area contributed by atoms with Gasteiger partial charge in [0.05, 0.1) is 16.9 Å². The Morgan fingerprint density at radius 1 is 1.53 bits per heavy atom. The van der Waals surface area contributed by atoms with Crippen LogP contribution in [0.15, 0.2) is 18.2 Å². The number of carbonyl (C=O) groups is 1. The monoisotopic (exact) mass is 208 g/mol. The number of rotatable bonds is 4. The first-order chi connectivity index (χ1) is 7.07. The van der Waals surface area contributed by atoms with Crippen LogP contribution in [0.4, 0.5) is 11.4 Å². The summed E-state index contributed by atoms with van der Waals surface area (Å²) in [5.74, 6) is -0.987. The number of anilines is 2. The average Bonchev–Trinajstić information content (AvgIpc) is 2.17. The van der Waals surface area contributed by atoms with Gasteiger partial charge in [-0.05, 0) is 18.6 Å². The van der Waals surface area contributed by atoms with E-state index in [2.05, 4.69) is 6.92 Å². The minimum absolute atomic E-state index is 0.162. The predicted molar refractivity (Wildman–Crippen MR) is 61.4 cm³/mol. The molecule has 0 aromatic heterocycles. The SMILES string of the molecule is CCCN(C)c1cccc(C(=O)O)c1N. The van der Waals surface area contributed by atoms with Crippen LogP contribution in [0, 0.1) is 0 Å². The zero-order chi connectivity index (χ0) is 11.4. The van der Waals surface area contributed by atoms with Gasteiger partial charge >= 0.3 is 5.97 Å². The summed E-state index contributed by atoms with van der Waals surface area (Å²) in [6.45, 7) is 2.92. The van der Waals surface area contributed by atoms with Gasteiger partial charge < -0.3 is 15.7 Å². The van der Waals surface area contributed by atoms with Crippen molar-refractivity contribution in [1.82, 2.24) is 0 Å². The van der Waals surface area contributed by atoms with E-state index in [0.29, 0.717) is 5.69 Å². The zero-order valence-electron chi connectivity index (χ0n) is 9.03. The Bertz CT molecular complexity index is 364. The number of nitrogens with two attached hydrogens (primary N) is 1. The lowest BCUT2D eigenvalue weighted by atomic mass is 10.1. The van der Waals surface area contributed by atoms with Crippen molar-refractivity contribution in [2.45, 2.75) is 13.3 Å². The molecule has 0 saturated heterocycles. The Balaban J connectivity index is 3.09. The number of benzene rings is 1. The van der Waals surface area contributed by atoms with Gasteiger partial charge in [-0.25, -0.2) is 4.79 Å². The molecule has 0 unspecified atom stereocenters. The maximum Gasteiger partial charge on any atom is 0.337 e. The van der Waals surface area contributed by atoms with Crippen LogP contribution in [0.25, 0.3) is 0 Å². The molecular weight excluding hydrogens is 192 g/mol. The summed E-state index contributed by atoms with van der Waals surface area (Å²) in [5, 5.41) is 8.90. The Morgan fingerprint density at radius 3 is 2.73 bits per heavy atom. The molecule has 0 aliphatic rings. The first-order valence-corrected chi connectivity index (χ1v) is 4.90. The van der Waals surface area contributed by atoms with Gasteiger partial charge in [-0.2, -0.15) is 0 Å². The van der Waals surface area contributed by atoms with Crippen LogP contribution < -0.4 is 10.6 Å². The maximum atomic E-state index is 10.9. The molecule has 1 aromatic carbocycles. The van der Waals surface area contributed by atoms with Crippen LogP contribution >= 0.6 is 0 Å². The molecule has 4 nitrogen and oxygen atoms in total. The van der Waals surface area contributed by atoms with E-state index >= 15 is 0 Å². The van der Waals surface area contributed by atoms with Gasteiger partial charge in [0.15, 0.2) is 0 Å². The summed E-state index contributed by atoms with van der Waals surface area (Å²) in [4.78, 5) is 12.8. The predicted octanol–water partition coefficient (Wildman–Crippen LogP) is 1.81. The lowest BCUT2D eigenvalue weighted by Crippen LogP contribution is -2.20. The summed E-state index contributed by atoms with van der Waals surface area (Å²) in [7, 11) is 1.90. The van der Waals surface area contributed by atoms with Crippen LogP contribution in [0.5, 0.6) is 0 Å². The fourth-order valence-electron chi connectivity index (χ4n) is 1.53. The fraction of sp³-hybridized carbons (Fsp3) is 0.364. The van der Waals surface area contributed by atoms with Gasteiger partial charge in [-0.1, -0.05) is 13.0 Å². The van der Waals surface area contributed by atoms with E-state index in [0.717, 1.165) is 18.7 Å². The third-order valence-corrected chi connectivity index (χ3v) is 2.28. The minimum Gasteiger partial charge on any atom is -0.478 e. The Kier molecular flexibility index (Phi) is 3.55. The van der Waals surface area contributed by atoms with Crippen molar-refractivity contribution in [2.75, 3.05) is 24.2 Å². The number of hydrogen-bond donors (Lipinski definition) is 2. The van der Waals surface area contributed by atoms with Crippen LogP contribution in [0.2, 0.25) is 0 Å². The van der Waals surface area contributed by atoms with Crippen molar-refractivity contribution in [3.8, 4) is 0 Å². The van der Waals surface area contributed by atoms with Crippen molar-refractivity contribution in [2.24, 2.45) is 0 Å². The standard InChI is InChI=1S/C11H16N2O2/c1-3-7-13(2)9-6-4-5-8(10(9)12)11(14)15/h4-6H,3,7,12H2,1-2H3,(H,14,15). The summed E-state index contributed by atoms with van der Waals surface area (Å²) in [6.07, 6.45) is 0.993. The van der Waals surface area contributed by atoms with E-state index in [9.17, 15) is 4.79 Å². The Morgan fingerprint density at radius 2 is 2.20 bits per heavy atom. The number of carboxylic acid groups (broad SMARTS) is 1. The molecule has 0 amide bonds. The molecule has 4 heteroatoms. The largest absolute Gasteiger partial charge is 0.478 e.